The highest BCUT2D eigenvalue weighted by atomic mass is 32.2. The van der Waals surface area contributed by atoms with Crippen LogP contribution >= 0.6 is 0 Å². The zero-order chi connectivity index (χ0) is 20.0. The second kappa shape index (κ2) is 8.68. The van der Waals surface area contributed by atoms with E-state index in [1.807, 2.05) is 0 Å². The summed E-state index contributed by atoms with van der Waals surface area (Å²) in [6.45, 7) is 2.90. The maximum absolute atomic E-state index is 12.4. The number of nitrogens with one attached hydrogen (secondary N) is 1. The largest absolute Gasteiger partial charge is 0.497 e. The number of carbonyl (C=O) groups excluding carboxylic acids is 2. The topological polar surface area (TPSA) is 98.8 Å². The number of benzene rings is 2. The van der Waals surface area contributed by atoms with E-state index in [0.29, 0.717) is 11.4 Å². The molecule has 2 aromatic rings. The molecule has 0 aliphatic carbocycles. The van der Waals surface area contributed by atoms with E-state index in [-0.39, 0.29) is 16.2 Å². The van der Waals surface area contributed by atoms with Crippen LogP contribution in [0.15, 0.2) is 53.4 Å². The van der Waals surface area contributed by atoms with Gasteiger partial charge >= 0.3 is 5.97 Å². The zero-order valence-corrected chi connectivity index (χ0v) is 16.1. The van der Waals surface area contributed by atoms with E-state index in [0.717, 1.165) is 0 Å². The molecule has 0 bridgehead atoms. The van der Waals surface area contributed by atoms with Crippen molar-refractivity contribution in [1.29, 1.82) is 0 Å². The molecule has 0 saturated heterocycles. The van der Waals surface area contributed by atoms with Crippen LogP contribution in [0, 0.1) is 0 Å². The van der Waals surface area contributed by atoms with E-state index >= 15 is 0 Å². The fourth-order valence-corrected chi connectivity index (χ4v) is 3.34. The van der Waals surface area contributed by atoms with Crippen molar-refractivity contribution in [2.75, 3.05) is 18.2 Å². The van der Waals surface area contributed by atoms with E-state index in [9.17, 15) is 18.0 Å². The second-order valence-electron chi connectivity index (χ2n) is 5.66. The first kappa shape index (κ1) is 20.4. The SMILES string of the molecule is CCS(=O)(=O)c1ccccc1C(=O)OC(C)C(=O)Nc1ccc(OC)cc1. The molecule has 0 aliphatic heterocycles. The van der Waals surface area contributed by atoms with Gasteiger partial charge < -0.3 is 14.8 Å². The molecule has 1 amide bonds. The fourth-order valence-electron chi connectivity index (χ4n) is 2.26. The van der Waals surface area contributed by atoms with Crippen LogP contribution in [0.5, 0.6) is 5.75 Å². The van der Waals surface area contributed by atoms with Crippen molar-refractivity contribution >= 4 is 27.4 Å². The molecule has 27 heavy (non-hydrogen) atoms. The molecule has 0 spiro atoms. The first-order valence-electron chi connectivity index (χ1n) is 8.26. The van der Waals surface area contributed by atoms with Crippen molar-refractivity contribution in [3.05, 3.63) is 54.1 Å². The Labute approximate surface area is 158 Å². The van der Waals surface area contributed by atoms with Crippen molar-refractivity contribution in [1.82, 2.24) is 0 Å². The predicted octanol–water partition coefficient (Wildman–Crippen LogP) is 2.67. The number of amides is 1. The summed E-state index contributed by atoms with van der Waals surface area (Å²) in [7, 11) is -2.06. The van der Waals surface area contributed by atoms with E-state index in [4.69, 9.17) is 9.47 Å². The number of hydrogen-bond acceptors (Lipinski definition) is 6. The van der Waals surface area contributed by atoms with E-state index in [2.05, 4.69) is 5.32 Å². The maximum Gasteiger partial charge on any atom is 0.340 e. The predicted molar refractivity (Wildman–Crippen MR) is 101 cm³/mol. The van der Waals surface area contributed by atoms with Gasteiger partial charge in [-0.1, -0.05) is 19.1 Å². The smallest absolute Gasteiger partial charge is 0.340 e. The molecule has 0 aromatic heterocycles. The lowest BCUT2D eigenvalue weighted by molar-refractivity contribution is -0.123. The molecule has 0 saturated carbocycles. The normalized spacial score (nSPS) is 12.1. The monoisotopic (exact) mass is 391 g/mol. The summed E-state index contributed by atoms with van der Waals surface area (Å²) in [6.07, 6.45) is -1.11. The Bertz CT molecular complexity index is 921. The average molecular weight is 391 g/mol. The summed E-state index contributed by atoms with van der Waals surface area (Å²) in [5.74, 6) is -0.921. The Hall–Kier alpha value is -2.87. The highest BCUT2D eigenvalue weighted by Crippen LogP contribution is 2.19. The van der Waals surface area contributed by atoms with Gasteiger partial charge in [-0.15, -0.1) is 0 Å². The number of rotatable bonds is 7. The number of carbonyl (C=O) groups is 2. The molecule has 7 nitrogen and oxygen atoms in total. The van der Waals surface area contributed by atoms with Gasteiger partial charge in [-0.2, -0.15) is 0 Å². The lowest BCUT2D eigenvalue weighted by Crippen LogP contribution is -2.30. The quantitative estimate of drug-likeness (QED) is 0.729. The van der Waals surface area contributed by atoms with Gasteiger partial charge in [-0.3, -0.25) is 4.79 Å². The Morgan fingerprint density at radius 3 is 2.30 bits per heavy atom. The standard InChI is InChI=1S/C19H21NO6S/c1-4-27(23,24)17-8-6-5-7-16(17)19(22)26-13(2)18(21)20-14-9-11-15(25-3)12-10-14/h5-13H,4H2,1-3H3,(H,20,21). The molecule has 1 unspecified atom stereocenters. The third kappa shape index (κ3) is 5.07. The molecule has 2 rings (SSSR count). The summed E-state index contributed by atoms with van der Waals surface area (Å²) in [5.41, 5.74) is 0.418. The van der Waals surface area contributed by atoms with Gasteiger partial charge in [-0.25, -0.2) is 13.2 Å². The highest BCUT2D eigenvalue weighted by molar-refractivity contribution is 7.91. The van der Waals surface area contributed by atoms with Crippen molar-refractivity contribution in [3.8, 4) is 5.75 Å². The van der Waals surface area contributed by atoms with Gasteiger partial charge in [0.15, 0.2) is 15.9 Å². The number of sulfone groups is 1. The second-order valence-corrected chi connectivity index (χ2v) is 7.91. The fraction of sp³-hybridized carbons (Fsp3) is 0.263. The molecule has 8 heteroatoms. The molecule has 0 heterocycles. The van der Waals surface area contributed by atoms with Gasteiger partial charge in [-0.05, 0) is 43.3 Å². The molecule has 0 aliphatic rings. The number of hydrogen-bond donors (Lipinski definition) is 1. The molecule has 1 N–H and O–H groups in total. The Kier molecular flexibility index (Phi) is 6.57. The van der Waals surface area contributed by atoms with Crippen molar-refractivity contribution in [2.24, 2.45) is 0 Å². The molecule has 0 fully saturated rings. The van der Waals surface area contributed by atoms with Crippen LogP contribution in [-0.2, 0) is 19.4 Å². The van der Waals surface area contributed by atoms with Crippen molar-refractivity contribution < 1.29 is 27.5 Å². The van der Waals surface area contributed by atoms with Gasteiger partial charge in [0.2, 0.25) is 0 Å². The summed E-state index contributed by atoms with van der Waals surface area (Å²) in [4.78, 5) is 24.5. The Morgan fingerprint density at radius 2 is 1.70 bits per heavy atom. The van der Waals surface area contributed by atoms with Crippen LogP contribution in [-0.4, -0.2) is 39.3 Å². The van der Waals surface area contributed by atoms with Gasteiger partial charge in [0.25, 0.3) is 5.91 Å². The van der Waals surface area contributed by atoms with Crippen LogP contribution in [0.2, 0.25) is 0 Å². The highest BCUT2D eigenvalue weighted by Gasteiger charge is 2.25. The van der Waals surface area contributed by atoms with Gasteiger partial charge in [0.05, 0.1) is 23.3 Å². The minimum Gasteiger partial charge on any atom is -0.497 e. The average Bonchev–Trinajstić information content (AvgIpc) is 2.68. The van der Waals surface area contributed by atoms with Crippen LogP contribution in [0.25, 0.3) is 0 Å². The van der Waals surface area contributed by atoms with E-state index in [1.54, 1.807) is 24.3 Å². The number of methoxy groups -OCH3 is 1. The van der Waals surface area contributed by atoms with Crippen molar-refractivity contribution in [3.63, 3.8) is 0 Å². The number of anilines is 1. The first-order valence-corrected chi connectivity index (χ1v) is 9.91. The third-order valence-electron chi connectivity index (χ3n) is 3.83. The molecule has 144 valence electrons. The van der Waals surface area contributed by atoms with Crippen LogP contribution in [0.1, 0.15) is 24.2 Å². The number of esters is 1. The molecule has 0 radical (unpaired) electrons. The summed E-state index contributed by atoms with van der Waals surface area (Å²) in [6, 6.07) is 12.4. The van der Waals surface area contributed by atoms with Crippen molar-refractivity contribution in [2.45, 2.75) is 24.8 Å². The molecule has 1 atom stereocenters. The third-order valence-corrected chi connectivity index (χ3v) is 5.62. The Morgan fingerprint density at radius 1 is 1.07 bits per heavy atom. The van der Waals surface area contributed by atoms with E-state index in [1.165, 1.54) is 45.2 Å². The summed E-state index contributed by atoms with van der Waals surface area (Å²) >= 11 is 0. The molecular weight excluding hydrogens is 370 g/mol. The first-order chi connectivity index (χ1) is 12.8. The minimum atomic E-state index is -3.60. The molecule has 2 aromatic carbocycles. The molecular formula is C19H21NO6S. The number of ether oxygens (including phenoxy) is 2. The Balaban J connectivity index is 2.10. The van der Waals surface area contributed by atoms with E-state index < -0.39 is 27.8 Å². The maximum atomic E-state index is 12.4. The van der Waals surface area contributed by atoms with Crippen LogP contribution in [0.3, 0.4) is 0 Å². The van der Waals surface area contributed by atoms with Crippen LogP contribution in [0.4, 0.5) is 5.69 Å². The van der Waals surface area contributed by atoms with Crippen LogP contribution < -0.4 is 10.1 Å². The minimum absolute atomic E-state index is 0.0940. The summed E-state index contributed by atoms with van der Waals surface area (Å²) in [5, 5.41) is 2.62. The van der Waals surface area contributed by atoms with Gasteiger partial charge in [0, 0.05) is 5.69 Å². The summed E-state index contributed by atoms with van der Waals surface area (Å²) < 4.78 is 34.5. The van der Waals surface area contributed by atoms with Gasteiger partial charge in [0.1, 0.15) is 5.75 Å². The zero-order valence-electron chi connectivity index (χ0n) is 15.3. The lowest BCUT2D eigenvalue weighted by Gasteiger charge is -2.15. The lowest BCUT2D eigenvalue weighted by atomic mass is 10.2.